The van der Waals surface area contributed by atoms with Crippen LogP contribution in [0.1, 0.15) is 26.2 Å². The van der Waals surface area contributed by atoms with Crippen LogP contribution in [0.2, 0.25) is 0 Å². The highest BCUT2D eigenvalue weighted by molar-refractivity contribution is 5.78. The van der Waals surface area contributed by atoms with Gasteiger partial charge in [0.05, 0.1) is 12.6 Å². The van der Waals surface area contributed by atoms with E-state index in [9.17, 15) is 4.79 Å². The van der Waals surface area contributed by atoms with E-state index in [0.29, 0.717) is 6.54 Å². The summed E-state index contributed by atoms with van der Waals surface area (Å²) in [5.41, 5.74) is 0. The minimum absolute atomic E-state index is 0.0447. The van der Waals surface area contributed by atoms with E-state index >= 15 is 0 Å². The summed E-state index contributed by atoms with van der Waals surface area (Å²) in [5.74, 6) is 2.67. The van der Waals surface area contributed by atoms with E-state index in [1.807, 2.05) is 0 Å². The number of hydrogen-bond acceptors (Lipinski definition) is 3. The molecular formula is C13H23N3O. The highest BCUT2D eigenvalue weighted by Gasteiger charge is 2.14. The van der Waals surface area contributed by atoms with Crippen LogP contribution in [0, 0.1) is 12.3 Å². The van der Waals surface area contributed by atoms with E-state index in [1.165, 1.54) is 0 Å². The van der Waals surface area contributed by atoms with E-state index in [-0.39, 0.29) is 11.9 Å². The summed E-state index contributed by atoms with van der Waals surface area (Å²) in [6.07, 6.45) is 8.31. The predicted molar refractivity (Wildman–Crippen MR) is 69.6 cm³/mol. The SMILES string of the molecule is C#CC(CCC)NC(=O)CN1CCCNCC1. The minimum atomic E-state index is -0.113. The van der Waals surface area contributed by atoms with Crippen LogP contribution in [-0.2, 0) is 4.79 Å². The van der Waals surface area contributed by atoms with Crippen LogP contribution in [0.25, 0.3) is 0 Å². The Morgan fingerprint density at radius 2 is 2.35 bits per heavy atom. The van der Waals surface area contributed by atoms with Gasteiger partial charge in [-0.15, -0.1) is 6.42 Å². The Morgan fingerprint density at radius 3 is 3.06 bits per heavy atom. The molecule has 4 heteroatoms. The highest BCUT2D eigenvalue weighted by atomic mass is 16.2. The normalized spacial score (nSPS) is 19.1. The standard InChI is InChI=1S/C13H23N3O/c1-3-6-12(4-2)15-13(17)11-16-9-5-7-14-8-10-16/h2,12,14H,3,5-11H2,1H3,(H,15,17). The quantitative estimate of drug-likeness (QED) is 0.671. The smallest absolute Gasteiger partial charge is 0.235 e. The van der Waals surface area contributed by atoms with E-state index in [1.54, 1.807) is 0 Å². The topological polar surface area (TPSA) is 44.4 Å². The first kappa shape index (κ1) is 14.0. The summed E-state index contributed by atoms with van der Waals surface area (Å²) in [6.45, 7) is 6.44. The summed E-state index contributed by atoms with van der Waals surface area (Å²) in [6, 6.07) is -0.113. The first-order valence-corrected chi connectivity index (χ1v) is 6.44. The third-order valence-corrected chi connectivity index (χ3v) is 2.91. The molecule has 1 unspecified atom stereocenters. The third-order valence-electron chi connectivity index (χ3n) is 2.91. The minimum Gasteiger partial charge on any atom is -0.341 e. The summed E-state index contributed by atoms with van der Waals surface area (Å²) in [5, 5.41) is 6.22. The average Bonchev–Trinajstić information content (AvgIpc) is 2.57. The molecular weight excluding hydrogens is 214 g/mol. The van der Waals surface area contributed by atoms with Crippen LogP contribution >= 0.6 is 0 Å². The van der Waals surface area contributed by atoms with E-state index in [4.69, 9.17) is 6.42 Å². The van der Waals surface area contributed by atoms with Gasteiger partial charge in [0.1, 0.15) is 0 Å². The van der Waals surface area contributed by atoms with Gasteiger partial charge in [0.2, 0.25) is 5.91 Å². The lowest BCUT2D eigenvalue weighted by molar-refractivity contribution is -0.122. The summed E-state index contributed by atoms with van der Waals surface area (Å²) < 4.78 is 0. The number of carbonyl (C=O) groups excluding carboxylic acids is 1. The zero-order chi connectivity index (χ0) is 12.5. The van der Waals surface area contributed by atoms with E-state index in [2.05, 4.69) is 28.4 Å². The van der Waals surface area contributed by atoms with Crippen molar-refractivity contribution >= 4 is 5.91 Å². The molecule has 1 aliphatic rings. The maximum atomic E-state index is 11.8. The second-order valence-electron chi connectivity index (χ2n) is 4.46. The molecule has 1 rings (SSSR count). The van der Waals surface area contributed by atoms with Crippen molar-refractivity contribution in [1.82, 2.24) is 15.5 Å². The third kappa shape index (κ3) is 5.71. The number of nitrogens with one attached hydrogen (secondary N) is 2. The second kappa shape index (κ2) is 8.10. The van der Waals surface area contributed by atoms with Gasteiger partial charge in [-0.2, -0.15) is 0 Å². The van der Waals surface area contributed by atoms with Crippen molar-refractivity contribution in [3.8, 4) is 12.3 Å². The van der Waals surface area contributed by atoms with Crippen LogP contribution in [0.5, 0.6) is 0 Å². The molecule has 1 amide bonds. The molecule has 1 aliphatic heterocycles. The summed E-state index contributed by atoms with van der Waals surface area (Å²) >= 11 is 0. The maximum absolute atomic E-state index is 11.8. The Kier molecular flexibility index (Phi) is 6.68. The number of carbonyl (C=O) groups is 1. The van der Waals surface area contributed by atoms with Crippen LogP contribution in [-0.4, -0.2) is 49.6 Å². The van der Waals surface area contributed by atoms with Gasteiger partial charge < -0.3 is 10.6 Å². The number of terminal acetylenes is 1. The van der Waals surface area contributed by atoms with Crippen LogP contribution in [0.4, 0.5) is 0 Å². The molecule has 0 radical (unpaired) electrons. The van der Waals surface area contributed by atoms with Gasteiger partial charge in [-0.1, -0.05) is 19.3 Å². The average molecular weight is 237 g/mol. The zero-order valence-corrected chi connectivity index (χ0v) is 10.7. The first-order chi connectivity index (χ1) is 8.26. The van der Waals surface area contributed by atoms with Crippen molar-refractivity contribution in [1.29, 1.82) is 0 Å². The fraction of sp³-hybridized carbons (Fsp3) is 0.769. The molecule has 0 aromatic heterocycles. The van der Waals surface area contributed by atoms with Crippen LogP contribution in [0.15, 0.2) is 0 Å². The van der Waals surface area contributed by atoms with Crippen LogP contribution in [0.3, 0.4) is 0 Å². The number of amides is 1. The molecule has 96 valence electrons. The van der Waals surface area contributed by atoms with Gasteiger partial charge in [-0.3, -0.25) is 9.69 Å². The number of hydrogen-bond donors (Lipinski definition) is 2. The lowest BCUT2D eigenvalue weighted by Gasteiger charge is -2.20. The number of rotatable bonds is 5. The van der Waals surface area contributed by atoms with E-state index in [0.717, 1.165) is 45.4 Å². The molecule has 1 atom stereocenters. The molecule has 1 heterocycles. The highest BCUT2D eigenvalue weighted by Crippen LogP contribution is 1.97. The molecule has 0 saturated carbocycles. The fourth-order valence-corrected chi connectivity index (χ4v) is 1.99. The van der Waals surface area contributed by atoms with Crippen molar-refractivity contribution in [2.75, 3.05) is 32.7 Å². The molecule has 2 N–H and O–H groups in total. The second-order valence-corrected chi connectivity index (χ2v) is 4.46. The Bertz CT molecular complexity index is 264. The first-order valence-electron chi connectivity index (χ1n) is 6.44. The zero-order valence-electron chi connectivity index (χ0n) is 10.7. The van der Waals surface area contributed by atoms with E-state index < -0.39 is 0 Å². The number of nitrogens with zero attached hydrogens (tertiary/aromatic N) is 1. The lowest BCUT2D eigenvalue weighted by atomic mass is 10.2. The lowest BCUT2D eigenvalue weighted by Crippen LogP contribution is -2.42. The van der Waals surface area contributed by atoms with Gasteiger partial charge in [0.15, 0.2) is 0 Å². The molecule has 17 heavy (non-hydrogen) atoms. The Hall–Kier alpha value is -1.05. The van der Waals surface area contributed by atoms with Gasteiger partial charge in [-0.05, 0) is 25.9 Å². The molecule has 1 saturated heterocycles. The van der Waals surface area contributed by atoms with Gasteiger partial charge in [0.25, 0.3) is 0 Å². The van der Waals surface area contributed by atoms with Crippen molar-refractivity contribution in [2.24, 2.45) is 0 Å². The molecule has 0 aromatic rings. The molecule has 1 fully saturated rings. The predicted octanol–water partition coefficient (Wildman–Crippen LogP) is 0.200. The van der Waals surface area contributed by atoms with Gasteiger partial charge in [-0.25, -0.2) is 0 Å². The molecule has 0 aromatic carbocycles. The van der Waals surface area contributed by atoms with Crippen molar-refractivity contribution in [3.63, 3.8) is 0 Å². The summed E-state index contributed by atoms with van der Waals surface area (Å²) in [4.78, 5) is 14.0. The van der Waals surface area contributed by atoms with Gasteiger partial charge in [0, 0.05) is 13.1 Å². The van der Waals surface area contributed by atoms with Crippen molar-refractivity contribution in [3.05, 3.63) is 0 Å². The van der Waals surface area contributed by atoms with Crippen LogP contribution < -0.4 is 10.6 Å². The van der Waals surface area contributed by atoms with Crippen molar-refractivity contribution in [2.45, 2.75) is 32.2 Å². The Morgan fingerprint density at radius 1 is 1.53 bits per heavy atom. The molecule has 0 bridgehead atoms. The monoisotopic (exact) mass is 237 g/mol. The van der Waals surface area contributed by atoms with Crippen molar-refractivity contribution < 1.29 is 4.79 Å². The van der Waals surface area contributed by atoms with Gasteiger partial charge >= 0.3 is 0 Å². The largest absolute Gasteiger partial charge is 0.341 e. The maximum Gasteiger partial charge on any atom is 0.235 e. The Labute approximate surface area is 104 Å². The Balaban J connectivity index is 2.29. The molecule has 4 nitrogen and oxygen atoms in total. The fourth-order valence-electron chi connectivity index (χ4n) is 1.99. The molecule has 0 spiro atoms. The molecule has 0 aliphatic carbocycles. The summed E-state index contributed by atoms with van der Waals surface area (Å²) in [7, 11) is 0.